The molecule has 0 saturated carbocycles. The highest BCUT2D eigenvalue weighted by molar-refractivity contribution is 5.46. The third kappa shape index (κ3) is 2.90. The number of hydrogen-bond donors (Lipinski definition) is 2. The van der Waals surface area contributed by atoms with Crippen LogP contribution in [0, 0.1) is 6.92 Å². The quantitative estimate of drug-likeness (QED) is 0.837. The molecular formula is C12H15N5. The zero-order valence-corrected chi connectivity index (χ0v) is 9.94. The molecule has 2 aromatic rings. The topological polar surface area (TPSA) is 62.7 Å². The molecule has 2 N–H and O–H groups in total. The van der Waals surface area contributed by atoms with Crippen molar-refractivity contribution in [3.8, 4) is 0 Å². The fourth-order valence-electron chi connectivity index (χ4n) is 1.43. The Bertz CT molecular complexity index is 484. The number of hydrogen-bond acceptors (Lipinski definition) is 5. The van der Waals surface area contributed by atoms with Gasteiger partial charge in [0.1, 0.15) is 5.82 Å². The van der Waals surface area contributed by atoms with E-state index in [9.17, 15) is 0 Å². The molecule has 0 saturated heterocycles. The molecule has 0 aromatic carbocycles. The molecule has 0 bridgehead atoms. The number of aryl methyl sites for hydroxylation is 1. The summed E-state index contributed by atoms with van der Waals surface area (Å²) in [6.45, 7) is 2.71. The Balaban J connectivity index is 2.08. The van der Waals surface area contributed by atoms with Gasteiger partial charge in [-0.1, -0.05) is 0 Å². The van der Waals surface area contributed by atoms with Gasteiger partial charge in [0.2, 0.25) is 5.95 Å². The van der Waals surface area contributed by atoms with Gasteiger partial charge in [0.05, 0.1) is 0 Å². The lowest BCUT2D eigenvalue weighted by Crippen LogP contribution is -2.06. The minimum Gasteiger partial charge on any atom is -0.366 e. The number of rotatable bonds is 4. The SMILES string of the molecule is CNc1ncc(C)c(NCc2ccncc2)n1. The summed E-state index contributed by atoms with van der Waals surface area (Å²) in [6, 6.07) is 3.95. The van der Waals surface area contributed by atoms with E-state index in [4.69, 9.17) is 0 Å². The third-order valence-corrected chi connectivity index (χ3v) is 2.40. The lowest BCUT2D eigenvalue weighted by molar-refractivity contribution is 1.05. The maximum Gasteiger partial charge on any atom is 0.224 e. The minimum absolute atomic E-state index is 0.618. The van der Waals surface area contributed by atoms with Crippen molar-refractivity contribution in [1.82, 2.24) is 15.0 Å². The van der Waals surface area contributed by atoms with Gasteiger partial charge in [-0.25, -0.2) is 4.98 Å². The van der Waals surface area contributed by atoms with Crippen LogP contribution in [0.4, 0.5) is 11.8 Å². The number of aromatic nitrogens is 3. The van der Waals surface area contributed by atoms with E-state index in [0.717, 1.165) is 17.9 Å². The summed E-state index contributed by atoms with van der Waals surface area (Å²) < 4.78 is 0. The molecule has 0 aliphatic rings. The van der Waals surface area contributed by atoms with Crippen LogP contribution in [-0.2, 0) is 6.54 Å². The van der Waals surface area contributed by atoms with Crippen LogP contribution in [0.2, 0.25) is 0 Å². The summed E-state index contributed by atoms with van der Waals surface area (Å²) in [6.07, 6.45) is 5.36. The maximum atomic E-state index is 4.36. The first-order valence-corrected chi connectivity index (χ1v) is 5.44. The smallest absolute Gasteiger partial charge is 0.224 e. The molecule has 2 aromatic heterocycles. The molecule has 0 amide bonds. The predicted octanol–water partition coefficient (Wildman–Crippen LogP) is 1.83. The van der Waals surface area contributed by atoms with E-state index in [0.29, 0.717) is 5.95 Å². The largest absolute Gasteiger partial charge is 0.366 e. The van der Waals surface area contributed by atoms with E-state index in [1.165, 1.54) is 5.56 Å². The summed E-state index contributed by atoms with van der Waals surface area (Å²) in [5.74, 6) is 1.47. The van der Waals surface area contributed by atoms with Crippen LogP contribution in [0.3, 0.4) is 0 Å². The van der Waals surface area contributed by atoms with Gasteiger partial charge in [-0.15, -0.1) is 0 Å². The van der Waals surface area contributed by atoms with Gasteiger partial charge >= 0.3 is 0 Å². The van der Waals surface area contributed by atoms with E-state index >= 15 is 0 Å². The Kier molecular flexibility index (Phi) is 3.49. The molecule has 0 spiro atoms. The molecule has 2 heterocycles. The Morgan fingerprint density at radius 3 is 2.71 bits per heavy atom. The van der Waals surface area contributed by atoms with Crippen molar-refractivity contribution in [1.29, 1.82) is 0 Å². The van der Waals surface area contributed by atoms with Gasteiger partial charge in [0.25, 0.3) is 0 Å². The summed E-state index contributed by atoms with van der Waals surface area (Å²) in [5, 5.41) is 6.21. The Morgan fingerprint density at radius 2 is 2.00 bits per heavy atom. The summed E-state index contributed by atoms with van der Waals surface area (Å²) >= 11 is 0. The highest BCUT2D eigenvalue weighted by atomic mass is 15.1. The first-order chi connectivity index (χ1) is 8.29. The van der Waals surface area contributed by atoms with Crippen molar-refractivity contribution in [2.75, 3.05) is 17.7 Å². The normalized spacial score (nSPS) is 10.0. The van der Waals surface area contributed by atoms with E-state index in [2.05, 4.69) is 25.6 Å². The Hall–Kier alpha value is -2.17. The molecule has 5 nitrogen and oxygen atoms in total. The molecule has 17 heavy (non-hydrogen) atoms. The lowest BCUT2D eigenvalue weighted by atomic mass is 10.2. The van der Waals surface area contributed by atoms with Crippen molar-refractivity contribution in [2.24, 2.45) is 0 Å². The second-order valence-electron chi connectivity index (χ2n) is 3.68. The lowest BCUT2D eigenvalue weighted by Gasteiger charge is -2.09. The highest BCUT2D eigenvalue weighted by Crippen LogP contribution is 2.13. The van der Waals surface area contributed by atoms with Gasteiger partial charge in [0, 0.05) is 37.7 Å². The molecule has 0 aliphatic heterocycles. The van der Waals surface area contributed by atoms with E-state index in [1.54, 1.807) is 25.6 Å². The molecule has 0 radical (unpaired) electrons. The Labute approximate surface area is 100 Å². The average Bonchev–Trinajstić information content (AvgIpc) is 2.39. The van der Waals surface area contributed by atoms with Gasteiger partial charge < -0.3 is 10.6 Å². The summed E-state index contributed by atoms with van der Waals surface area (Å²) in [7, 11) is 1.80. The van der Waals surface area contributed by atoms with Crippen molar-refractivity contribution in [2.45, 2.75) is 13.5 Å². The van der Waals surface area contributed by atoms with Gasteiger partial charge in [-0.2, -0.15) is 4.98 Å². The van der Waals surface area contributed by atoms with Crippen LogP contribution in [0.5, 0.6) is 0 Å². The fourth-order valence-corrected chi connectivity index (χ4v) is 1.43. The average molecular weight is 229 g/mol. The number of nitrogens with zero attached hydrogens (tertiary/aromatic N) is 3. The van der Waals surface area contributed by atoms with Crippen molar-refractivity contribution in [3.63, 3.8) is 0 Å². The van der Waals surface area contributed by atoms with Gasteiger partial charge in [-0.3, -0.25) is 4.98 Å². The summed E-state index contributed by atoms with van der Waals surface area (Å²) in [4.78, 5) is 12.5. The highest BCUT2D eigenvalue weighted by Gasteiger charge is 2.02. The zero-order valence-electron chi connectivity index (χ0n) is 9.94. The standard InChI is InChI=1S/C12H15N5/c1-9-7-16-12(13-2)17-11(9)15-8-10-3-5-14-6-4-10/h3-7H,8H2,1-2H3,(H2,13,15,16,17). The molecule has 0 aliphatic carbocycles. The maximum absolute atomic E-state index is 4.36. The first-order valence-electron chi connectivity index (χ1n) is 5.44. The zero-order chi connectivity index (χ0) is 12.1. The van der Waals surface area contributed by atoms with Crippen LogP contribution >= 0.6 is 0 Å². The molecular weight excluding hydrogens is 214 g/mol. The second kappa shape index (κ2) is 5.25. The van der Waals surface area contributed by atoms with Crippen molar-refractivity contribution >= 4 is 11.8 Å². The fraction of sp³-hybridized carbons (Fsp3) is 0.250. The molecule has 0 fully saturated rings. The van der Waals surface area contributed by atoms with Crippen LogP contribution in [0.25, 0.3) is 0 Å². The van der Waals surface area contributed by atoms with Crippen LogP contribution in [-0.4, -0.2) is 22.0 Å². The minimum atomic E-state index is 0.618. The van der Waals surface area contributed by atoms with E-state index in [1.807, 2.05) is 19.1 Å². The van der Waals surface area contributed by atoms with Crippen LogP contribution in [0.15, 0.2) is 30.7 Å². The van der Waals surface area contributed by atoms with Crippen LogP contribution < -0.4 is 10.6 Å². The van der Waals surface area contributed by atoms with E-state index < -0.39 is 0 Å². The number of anilines is 2. The molecule has 0 atom stereocenters. The predicted molar refractivity (Wildman–Crippen MR) is 67.9 cm³/mol. The number of nitrogens with one attached hydrogen (secondary N) is 2. The molecule has 5 heteroatoms. The van der Waals surface area contributed by atoms with Gasteiger partial charge in [-0.05, 0) is 24.6 Å². The van der Waals surface area contributed by atoms with Crippen molar-refractivity contribution < 1.29 is 0 Å². The molecule has 0 unspecified atom stereocenters. The molecule has 2 rings (SSSR count). The first kappa shape index (κ1) is 11.3. The van der Waals surface area contributed by atoms with E-state index in [-0.39, 0.29) is 0 Å². The second-order valence-corrected chi connectivity index (χ2v) is 3.68. The number of pyridine rings is 1. The van der Waals surface area contributed by atoms with Crippen molar-refractivity contribution in [3.05, 3.63) is 41.9 Å². The summed E-state index contributed by atoms with van der Waals surface area (Å²) in [5.41, 5.74) is 2.20. The van der Waals surface area contributed by atoms with Gasteiger partial charge in [0.15, 0.2) is 0 Å². The monoisotopic (exact) mass is 229 g/mol. The molecule has 88 valence electrons. The Morgan fingerprint density at radius 1 is 1.24 bits per heavy atom. The third-order valence-electron chi connectivity index (χ3n) is 2.40. The van der Waals surface area contributed by atoms with Crippen LogP contribution in [0.1, 0.15) is 11.1 Å².